The van der Waals surface area contributed by atoms with E-state index in [0.29, 0.717) is 5.92 Å². The number of nitrogens with one attached hydrogen (secondary N) is 1. The molecule has 0 saturated heterocycles. The van der Waals surface area contributed by atoms with Crippen LogP contribution in [0.25, 0.3) is 0 Å². The summed E-state index contributed by atoms with van der Waals surface area (Å²) in [6.07, 6.45) is 0. The first-order valence-corrected chi connectivity index (χ1v) is 5.47. The van der Waals surface area contributed by atoms with Crippen molar-refractivity contribution in [3.63, 3.8) is 0 Å². The molecule has 1 atom stereocenters. The zero-order valence-corrected chi connectivity index (χ0v) is 9.16. The van der Waals surface area contributed by atoms with E-state index in [1.807, 2.05) is 19.1 Å². The van der Waals surface area contributed by atoms with E-state index in [1.54, 1.807) is 11.3 Å². The fourth-order valence-corrected chi connectivity index (χ4v) is 2.01. The van der Waals surface area contributed by atoms with Gasteiger partial charge in [-0.2, -0.15) is 0 Å². The molecule has 0 aliphatic carbocycles. The summed E-state index contributed by atoms with van der Waals surface area (Å²) < 4.78 is 0.826. The number of hydrogen-bond acceptors (Lipinski definition) is 3. The Balaban J connectivity index is 2.20. The molecule has 1 unspecified atom stereocenters. The number of rotatable bonds is 5. The van der Waals surface area contributed by atoms with Crippen LogP contribution < -0.4 is 5.32 Å². The van der Waals surface area contributed by atoms with Gasteiger partial charge in [-0.3, -0.25) is 0 Å². The van der Waals surface area contributed by atoms with Crippen molar-refractivity contribution in [3.8, 4) is 0 Å². The van der Waals surface area contributed by atoms with Crippen LogP contribution >= 0.6 is 22.9 Å². The molecule has 0 spiro atoms. The van der Waals surface area contributed by atoms with E-state index in [4.69, 9.17) is 16.7 Å². The predicted molar refractivity (Wildman–Crippen MR) is 57.3 cm³/mol. The lowest BCUT2D eigenvalue weighted by atomic mass is 10.2. The molecule has 1 rings (SSSR count). The molecule has 0 saturated carbocycles. The predicted octanol–water partition coefficient (Wildman–Crippen LogP) is 2.12. The summed E-state index contributed by atoms with van der Waals surface area (Å²) in [5, 5.41) is 12.0. The van der Waals surface area contributed by atoms with E-state index in [0.717, 1.165) is 17.4 Å². The SMILES string of the molecule is CC(CO)CNCc1ccc(Cl)s1. The number of aliphatic hydroxyl groups excluding tert-OH is 1. The first-order valence-electron chi connectivity index (χ1n) is 4.28. The second-order valence-electron chi connectivity index (χ2n) is 3.12. The summed E-state index contributed by atoms with van der Waals surface area (Å²) >= 11 is 7.37. The third kappa shape index (κ3) is 4.09. The van der Waals surface area contributed by atoms with Crippen molar-refractivity contribution in [1.82, 2.24) is 5.32 Å². The van der Waals surface area contributed by atoms with Crippen LogP contribution in [0.3, 0.4) is 0 Å². The first kappa shape index (κ1) is 11.0. The van der Waals surface area contributed by atoms with Gasteiger partial charge in [0, 0.05) is 24.6 Å². The van der Waals surface area contributed by atoms with E-state index in [1.165, 1.54) is 4.88 Å². The Morgan fingerprint density at radius 3 is 2.92 bits per heavy atom. The molecular formula is C9H14ClNOS. The molecule has 74 valence electrons. The van der Waals surface area contributed by atoms with Crippen molar-refractivity contribution < 1.29 is 5.11 Å². The molecular weight excluding hydrogens is 206 g/mol. The molecule has 1 heterocycles. The normalized spacial score (nSPS) is 13.2. The van der Waals surface area contributed by atoms with Crippen LogP contribution in [0, 0.1) is 5.92 Å². The fraction of sp³-hybridized carbons (Fsp3) is 0.556. The smallest absolute Gasteiger partial charge is 0.0931 e. The van der Waals surface area contributed by atoms with Gasteiger partial charge in [-0.15, -0.1) is 11.3 Å². The highest BCUT2D eigenvalue weighted by Crippen LogP contribution is 2.20. The minimum Gasteiger partial charge on any atom is -0.396 e. The molecule has 2 N–H and O–H groups in total. The minimum atomic E-state index is 0.234. The Labute approximate surface area is 87.5 Å². The zero-order chi connectivity index (χ0) is 9.68. The largest absolute Gasteiger partial charge is 0.396 e. The van der Waals surface area contributed by atoms with Crippen molar-refractivity contribution in [2.75, 3.05) is 13.2 Å². The first-order chi connectivity index (χ1) is 6.22. The average molecular weight is 220 g/mol. The molecule has 0 aliphatic heterocycles. The average Bonchev–Trinajstić information content (AvgIpc) is 2.51. The topological polar surface area (TPSA) is 32.3 Å². The van der Waals surface area contributed by atoms with Gasteiger partial charge < -0.3 is 10.4 Å². The second kappa shape index (κ2) is 5.60. The highest BCUT2D eigenvalue weighted by atomic mass is 35.5. The van der Waals surface area contributed by atoms with Gasteiger partial charge in [-0.1, -0.05) is 18.5 Å². The van der Waals surface area contributed by atoms with Crippen molar-refractivity contribution in [1.29, 1.82) is 0 Å². The molecule has 0 fully saturated rings. The van der Waals surface area contributed by atoms with Crippen molar-refractivity contribution in [2.45, 2.75) is 13.5 Å². The van der Waals surface area contributed by atoms with Gasteiger partial charge in [0.05, 0.1) is 4.34 Å². The number of aliphatic hydroxyl groups is 1. The minimum absolute atomic E-state index is 0.234. The summed E-state index contributed by atoms with van der Waals surface area (Å²) in [5.74, 6) is 0.315. The van der Waals surface area contributed by atoms with Crippen LogP contribution in [0.15, 0.2) is 12.1 Å². The van der Waals surface area contributed by atoms with Gasteiger partial charge in [-0.05, 0) is 18.1 Å². The molecule has 0 aliphatic rings. The van der Waals surface area contributed by atoms with Crippen molar-refractivity contribution in [2.24, 2.45) is 5.92 Å². The highest BCUT2D eigenvalue weighted by Gasteiger charge is 2.00. The maximum atomic E-state index is 8.78. The van der Waals surface area contributed by atoms with Crippen LogP contribution in [0.4, 0.5) is 0 Å². The van der Waals surface area contributed by atoms with Crippen LogP contribution in [0.5, 0.6) is 0 Å². The standard InChI is InChI=1S/C9H14ClNOS/c1-7(6-12)4-11-5-8-2-3-9(10)13-8/h2-3,7,11-12H,4-6H2,1H3. The molecule has 1 aromatic heterocycles. The van der Waals surface area contributed by atoms with Gasteiger partial charge in [0.25, 0.3) is 0 Å². The van der Waals surface area contributed by atoms with Gasteiger partial charge in [0.2, 0.25) is 0 Å². The lowest BCUT2D eigenvalue weighted by molar-refractivity contribution is 0.233. The van der Waals surface area contributed by atoms with Gasteiger partial charge in [0.1, 0.15) is 0 Å². The van der Waals surface area contributed by atoms with E-state index in [9.17, 15) is 0 Å². The molecule has 1 aromatic rings. The maximum absolute atomic E-state index is 8.78. The summed E-state index contributed by atoms with van der Waals surface area (Å²) in [4.78, 5) is 1.23. The molecule has 4 heteroatoms. The van der Waals surface area contributed by atoms with Crippen molar-refractivity contribution >= 4 is 22.9 Å². The van der Waals surface area contributed by atoms with Gasteiger partial charge in [-0.25, -0.2) is 0 Å². The van der Waals surface area contributed by atoms with E-state index < -0.39 is 0 Å². The third-order valence-corrected chi connectivity index (χ3v) is 2.96. The van der Waals surface area contributed by atoms with Crippen LogP contribution in [0.2, 0.25) is 4.34 Å². The number of hydrogen-bond donors (Lipinski definition) is 2. The van der Waals surface area contributed by atoms with Crippen LogP contribution in [-0.2, 0) is 6.54 Å². The number of halogens is 1. The number of thiophene rings is 1. The Bertz CT molecular complexity index is 252. The quantitative estimate of drug-likeness (QED) is 0.795. The summed E-state index contributed by atoms with van der Waals surface area (Å²) in [6.45, 7) is 3.92. The maximum Gasteiger partial charge on any atom is 0.0931 e. The Morgan fingerprint density at radius 1 is 1.62 bits per heavy atom. The zero-order valence-electron chi connectivity index (χ0n) is 7.59. The molecule has 0 bridgehead atoms. The lowest BCUT2D eigenvalue weighted by Gasteiger charge is -2.07. The fourth-order valence-electron chi connectivity index (χ4n) is 0.953. The molecule has 13 heavy (non-hydrogen) atoms. The molecule has 0 radical (unpaired) electrons. The van der Waals surface area contributed by atoms with E-state index in [2.05, 4.69) is 5.32 Å². The van der Waals surface area contributed by atoms with Gasteiger partial charge in [0.15, 0.2) is 0 Å². The Hall–Kier alpha value is -0.0900. The van der Waals surface area contributed by atoms with E-state index >= 15 is 0 Å². The second-order valence-corrected chi connectivity index (χ2v) is 4.92. The van der Waals surface area contributed by atoms with Crippen LogP contribution in [0.1, 0.15) is 11.8 Å². The van der Waals surface area contributed by atoms with E-state index in [-0.39, 0.29) is 6.61 Å². The lowest BCUT2D eigenvalue weighted by Crippen LogP contribution is -2.22. The highest BCUT2D eigenvalue weighted by molar-refractivity contribution is 7.16. The summed E-state index contributed by atoms with van der Waals surface area (Å²) in [6, 6.07) is 3.92. The molecule has 0 aromatic carbocycles. The van der Waals surface area contributed by atoms with Crippen molar-refractivity contribution in [3.05, 3.63) is 21.3 Å². The molecule has 2 nitrogen and oxygen atoms in total. The van der Waals surface area contributed by atoms with Crippen LogP contribution in [-0.4, -0.2) is 18.3 Å². The Kier molecular flexibility index (Phi) is 4.73. The summed E-state index contributed by atoms with van der Waals surface area (Å²) in [7, 11) is 0. The van der Waals surface area contributed by atoms with Gasteiger partial charge >= 0.3 is 0 Å². The summed E-state index contributed by atoms with van der Waals surface area (Å²) in [5.41, 5.74) is 0. The molecule has 0 amide bonds. The third-order valence-electron chi connectivity index (χ3n) is 1.73. The monoisotopic (exact) mass is 219 g/mol. The Morgan fingerprint density at radius 2 is 2.38 bits per heavy atom.